The van der Waals surface area contributed by atoms with Crippen molar-refractivity contribution in [2.24, 2.45) is 5.10 Å². The van der Waals surface area contributed by atoms with Gasteiger partial charge in [0.15, 0.2) is 0 Å². The van der Waals surface area contributed by atoms with E-state index in [1.807, 2.05) is 54.6 Å². The summed E-state index contributed by atoms with van der Waals surface area (Å²) in [4.78, 5) is 15.1. The molecule has 0 aliphatic rings. The van der Waals surface area contributed by atoms with E-state index in [0.29, 0.717) is 0 Å². The van der Waals surface area contributed by atoms with Crippen LogP contribution < -0.4 is 10.2 Å². The van der Waals surface area contributed by atoms with Gasteiger partial charge in [0.05, 0.1) is 35.1 Å². The molecule has 0 amide bonds. The maximum atomic E-state index is 10.8. The Balaban J connectivity index is 1.69. The fraction of sp³-hybridized carbons (Fsp3) is 0.0435. The second kappa shape index (κ2) is 8.40. The highest BCUT2D eigenvalue weighted by atomic mass is 16.6. The van der Waals surface area contributed by atoms with E-state index in [1.165, 1.54) is 12.1 Å². The fourth-order valence-electron chi connectivity index (χ4n) is 3.04. The minimum atomic E-state index is -0.430. The lowest BCUT2D eigenvalue weighted by Gasteiger charge is -2.11. The summed E-state index contributed by atoms with van der Waals surface area (Å²) in [5.41, 5.74) is 7.26. The molecule has 0 atom stereocenters. The lowest BCUT2D eigenvalue weighted by Crippen LogP contribution is -1.96. The van der Waals surface area contributed by atoms with Crippen LogP contribution >= 0.6 is 0 Å². The number of anilines is 1. The van der Waals surface area contributed by atoms with Gasteiger partial charge >= 0.3 is 0 Å². The Bertz CT molecular complexity index is 1220. The monoisotopic (exact) mass is 398 g/mol. The lowest BCUT2D eigenvalue weighted by atomic mass is 10.1. The highest BCUT2D eigenvalue weighted by Gasteiger charge is 2.09. The normalized spacial score (nSPS) is 11.0. The van der Waals surface area contributed by atoms with Gasteiger partial charge in [0.1, 0.15) is 5.75 Å². The number of nitro benzene ring substituents is 1. The third-order valence-corrected chi connectivity index (χ3v) is 4.59. The molecular weight excluding hydrogens is 380 g/mol. The topological polar surface area (TPSA) is 89.7 Å². The molecular formula is C23H18N4O3. The summed E-state index contributed by atoms with van der Waals surface area (Å²) >= 11 is 0. The van der Waals surface area contributed by atoms with Crippen molar-refractivity contribution in [1.82, 2.24) is 4.98 Å². The Morgan fingerprint density at radius 1 is 1.03 bits per heavy atom. The second-order valence-electron chi connectivity index (χ2n) is 6.52. The van der Waals surface area contributed by atoms with Gasteiger partial charge < -0.3 is 4.74 Å². The first-order valence-corrected chi connectivity index (χ1v) is 9.22. The van der Waals surface area contributed by atoms with E-state index in [1.54, 1.807) is 25.5 Å². The van der Waals surface area contributed by atoms with Crippen LogP contribution in [-0.2, 0) is 0 Å². The number of nitrogens with one attached hydrogen (secondary N) is 1. The molecule has 7 heteroatoms. The van der Waals surface area contributed by atoms with E-state index in [4.69, 9.17) is 9.72 Å². The predicted octanol–water partition coefficient (Wildman–Crippen LogP) is 5.26. The molecule has 0 bridgehead atoms. The van der Waals surface area contributed by atoms with Gasteiger partial charge in [0.2, 0.25) is 0 Å². The molecule has 0 fully saturated rings. The third-order valence-electron chi connectivity index (χ3n) is 4.59. The number of hydrogen-bond acceptors (Lipinski definition) is 6. The Morgan fingerprint density at radius 2 is 1.80 bits per heavy atom. The van der Waals surface area contributed by atoms with Crippen molar-refractivity contribution >= 4 is 28.5 Å². The molecule has 0 aliphatic heterocycles. The van der Waals surface area contributed by atoms with Crippen molar-refractivity contribution in [3.8, 4) is 17.0 Å². The van der Waals surface area contributed by atoms with E-state index in [9.17, 15) is 10.1 Å². The van der Waals surface area contributed by atoms with E-state index in [2.05, 4.69) is 10.5 Å². The van der Waals surface area contributed by atoms with Gasteiger partial charge in [-0.05, 0) is 42.0 Å². The van der Waals surface area contributed by atoms with E-state index < -0.39 is 4.92 Å². The average molecular weight is 398 g/mol. The zero-order valence-electron chi connectivity index (χ0n) is 16.1. The van der Waals surface area contributed by atoms with Crippen molar-refractivity contribution in [3.05, 3.63) is 94.5 Å². The number of rotatable bonds is 6. The van der Waals surface area contributed by atoms with Crippen LogP contribution in [-0.4, -0.2) is 23.2 Å². The Kier molecular flexibility index (Phi) is 5.34. The van der Waals surface area contributed by atoms with Crippen molar-refractivity contribution in [3.63, 3.8) is 0 Å². The Labute approximate surface area is 172 Å². The van der Waals surface area contributed by atoms with Crippen molar-refractivity contribution in [1.29, 1.82) is 0 Å². The average Bonchev–Trinajstić information content (AvgIpc) is 2.79. The van der Waals surface area contributed by atoms with Crippen LogP contribution in [0.2, 0.25) is 0 Å². The van der Waals surface area contributed by atoms with Crippen molar-refractivity contribution in [2.75, 3.05) is 12.5 Å². The largest absolute Gasteiger partial charge is 0.497 e. The number of hydrazone groups is 1. The molecule has 0 saturated carbocycles. The number of ether oxygens (including phenoxy) is 1. The van der Waals surface area contributed by atoms with Gasteiger partial charge in [0, 0.05) is 23.1 Å². The molecule has 0 saturated heterocycles. The number of nitrogens with zero attached hydrogens (tertiary/aromatic N) is 3. The maximum Gasteiger partial charge on any atom is 0.269 e. The zero-order chi connectivity index (χ0) is 20.9. The van der Waals surface area contributed by atoms with Crippen molar-refractivity contribution in [2.45, 2.75) is 0 Å². The number of hydrogen-bond donors (Lipinski definition) is 1. The molecule has 1 N–H and O–H groups in total. The smallest absolute Gasteiger partial charge is 0.269 e. The van der Waals surface area contributed by atoms with Gasteiger partial charge in [-0.15, -0.1) is 0 Å². The minimum Gasteiger partial charge on any atom is -0.497 e. The highest BCUT2D eigenvalue weighted by molar-refractivity contribution is 5.95. The molecule has 148 valence electrons. The van der Waals surface area contributed by atoms with Gasteiger partial charge in [-0.2, -0.15) is 5.10 Å². The molecule has 7 nitrogen and oxygen atoms in total. The lowest BCUT2D eigenvalue weighted by molar-refractivity contribution is -0.384. The number of non-ortho nitro benzene ring substituents is 1. The van der Waals surface area contributed by atoms with Gasteiger partial charge in [0.25, 0.3) is 5.69 Å². The summed E-state index contributed by atoms with van der Waals surface area (Å²) in [7, 11) is 1.62. The van der Waals surface area contributed by atoms with Crippen LogP contribution in [0.15, 0.2) is 84.0 Å². The Hall–Kier alpha value is -4.26. The van der Waals surface area contributed by atoms with Crippen LogP contribution in [0.25, 0.3) is 22.2 Å². The molecule has 0 aliphatic carbocycles. The van der Waals surface area contributed by atoms with Crippen molar-refractivity contribution < 1.29 is 9.66 Å². The molecule has 30 heavy (non-hydrogen) atoms. The summed E-state index contributed by atoms with van der Waals surface area (Å²) in [5.74, 6) is 0.721. The molecule has 3 aromatic carbocycles. The van der Waals surface area contributed by atoms with Crippen LogP contribution in [0.3, 0.4) is 0 Å². The maximum absolute atomic E-state index is 10.8. The first kappa shape index (κ1) is 19.1. The molecule has 0 radical (unpaired) electrons. The standard InChI is InChI=1S/C23H18N4O3/c1-30-19-11-12-21-20(13-19)23(14-22(25-21)17-5-3-2-4-6-17)26-24-15-16-7-9-18(10-8-16)27(28)29/h2-15H,1H3,(H,25,26). The van der Waals surface area contributed by atoms with Crippen LogP contribution in [0.4, 0.5) is 11.4 Å². The molecule has 1 aromatic heterocycles. The van der Waals surface area contributed by atoms with E-state index >= 15 is 0 Å². The Morgan fingerprint density at radius 3 is 2.50 bits per heavy atom. The quantitative estimate of drug-likeness (QED) is 0.272. The first-order valence-electron chi connectivity index (χ1n) is 9.22. The summed E-state index contributed by atoms with van der Waals surface area (Å²) in [6.45, 7) is 0. The molecule has 0 spiro atoms. The highest BCUT2D eigenvalue weighted by Crippen LogP contribution is 2.31. The number of methoxy groups -OCH3 is 1. The molecule has 1 heterocycles. The number of nitro groups is 1. The van der Waals surface area contributed by atoms with Gasteiger partial charge in [-0.25, -0.2) is 4.98 Å². The number of pyridine rings is 1. The van der Waals surface area contributed by atoms with E-state index in [0.717, 1.165) is 39.2 Å². The summed E-state index contributed by atoms with van der Waals surface area (Å²) in [6, 6.07) is 23.7. The summed E-state index contributed by atoms with van der Waals surface area (Å²) < 4.78 is 5.35. The SMILES string of the molecule is COc1ccc2nc(-c3ccccc3)cc(NN=Cc3ccc([N+](=O)[O-])cc3)c2c1. The molecule has 0 unspecified atom stereocenters. The summed E-state index contributed by atoms with van der Waals surface area (Å²) in [5, 5.41) is 16.0. The van der Waals surface area contributed by atoms with Gasteiger partial charge in [-0.1, -0.05) is 30.3 Å². The van der Waals surface area contributed by atoms with Crippen LogP contribution in [0.1, 0.15) is 5.56 Å². The fourth-order valence-corrected chi connectivity index (χ4v) is 3.04. The third kappa shape index (κ3) is 4.10. The molecule has 4 rings (SSSR count). The number of aromatic nitrogens is 1. The van der Waals surface area contributed by atoms with Crippen LogP contribution in [0, 0.1) is 10.1 Å². The van der Waals surface area contributed by atoms with E-state index in [-0.39, 0.29) is 5.69 Å². The minimum absolute atomic E-state index is 0.0415. The molecule has 4 aromatic rings. The number of fused-ring (bicyclic) bond motifs is 1. The second-order valence-corrected chi connectivity index (χ2v) is 6.52. The number of benzene rings is 3. The zero-order valence-corrected chi connectivity index (χ0v) is 16.1. The van der Waals surface area contributed by atoms with Gasteiger partial charge in [-0.3, -0.25) is 15.5 Å². The summed E-state index contributed by atoms with van der Waals surface area (Å²) in [6.07, 6.45) is 1.61. The van der Waals surface area contributed by atoms with Crippen LogP contribution in [0.5, 0.6) is 5.75 Å². The first-order chi connectivity index (χ1) is 14.6. The predicted molar refractivity (Wildman–Crippen MR) is 118 cm³/mol.